The minimum atomic E-state index is -1.67. The summed E-state index contributed by atoms with van der Waals surface area (Å²) in [5.41, 5.74) is 2.82. The zero-order chi connectivity index (χ0) is 22.0. The van der Waals surface area contributed by atoms with Crippen LogP contribution in [0.25, 0.3) is 6.08 Å². The van der Waals surface area contributed by atoms with Crippen LogP contribution in [0.15, 0.2) is 41.5 Å². The van der Waals surface area contributed by atoms with Gasteiger partial charge in [0.1, 0.15) is 11.6 Å². The summed E-state index contributed by atoms with van der Waals surface area (Å²) in [5.74, 6) is -2.99. The molecule has 0 bridgehead atoms. The highest BCUT2D eigenvalue weighted by Gasteiger charge is 2.37. The van der Waals surface area contributed by atoms with Crippen molar-refractivity contribution in [3.63, 3.8) is 0 Å². The number of hydrogen-bond acceptors (Lipinski definition) is 2. The van der Waals surface area contributed by atoms with E-state index in [1.54, 1.807) is 0 Å². The second-order valence-electron chi connectivity index (χ2n) is 8.80. The van der Waals surface area contributed by atoms with E-state index in [4.69, 9.17) is 9.84 Å². The smallest absolute Gasteiger partial charge is 0.365 e. The van der Waals surface area contributed by atoms with Gasteiger partial charge in [-0.25, -0.2) is 9.18 Å². The number of hydrogen-bond donors (Lipinski definition) is 1. The molecule has 0 unspecified atom stereocenters. The average Bonchev–Trinajstić information content (AvgIpc) is 2.64. The molecule has 2 rings (SSSR count). The summed E-state index contributed by atoms with van der Waals surface area (Å²) in [5, 5.41) is 8.66. The third kappa shape index (κ3) is 5.14. The molecule has 0 spiro atoms. The predicted octanol–water partition coefficient (Wildman–Crippen LogP) is 6.63. The van der Waals surface area contributed by atoms with Crippen molar-refractivity contribution in [3.8, 4) is 5.75 Å². The number of carbonyl (C=O) groups is 1. The summed E-state index contributed by atoms with van der Waals surface area (Å²) in [6.45, 7) is 12.4. The van der Waals surface area contributed by atoms with Crippen molar-refractivity contribution < 1.29 is 23.4 Å². The largest absolute Gasteiger partial charge is 0.493 e. The van der Waals surface area contributed by atoms with Crippen LogP contribution in [-0.2, 0) is 15.6 Å². The molecule has 0 fully saturated rings. The van der Waals surface area contributed by atoms with E-state index in [2.05, 4.69) is 27.7 Å². The molecule has 29 heavy (non-hydrogen) atoms. The lowest BCUT2D eigenvalue weighted by Crippen LogP contribution is -2.34. The minimum Gasteiger partial charge on any atom is -0.493 e. The van der Waals surface area contributed by atoms with Crippen LogP contribution in [-0.4, -0.2) is 17.7 Å². The molecule has 1 aliphatic rings. The molecule has 1 aliphatic carbocycles. The fourth-order valence-electron chi connectivity index (χ4n) is 3.65. The van der Waals surface area contributed by atoms with Gasteiger partial charge in [-0.1, -0.05) is 33.8 Å². The quantitative estimate of drug-likeness (QED) is 0.428. The Morgan fingerprint density at radius 2 is 1.66 bits per heavy atom. The molecule has 0 atom stereocenters. The topological polar surface area (TPSA) is 46.5 Å². The Morgan fingerprint density at radius 3 is 2.17 bits per heavy atom. The van der Waals surface area contributed by atoms with Crippen LogP contribution in [0, 0.1) is 0 Å². The Morgan fingerprint density at radius 1 is 1.10 bits per heavy atom. The second-order valence-corrected chi connectivity index (χ2v) is 8.80. The van der Waals surface area contributed by atoms with Crippen molar-refractivity contribution in [1.29, 1.82) is 0 Å². The van der Waals surface area contributed by atoms with Gasteiger partial charge in [-0.2, -0.15) is 4.39 Å². The monoisotopic (exact) mass is 404 g/mol. The van der Waals surface area contributed by atoms with E-state index in [-0.39, 0.29) is 16.4 Å². The van der Waals surface area contributed by atoms with E-state index in [0.29, 0.717) is 17.9 Å². The van der Waals surface area contributed by atoms with Crippen molar-refractivity contribution in [2.24, 2.45) is 0 Å². The third-order valence-electron chi connectivity index (χ3n) is 5.60. The Kier molecular flexibility index (Phi) is 6.71. The lowest BCUT2D eigenvalue weighted by atomic mass is 9.63. The van der Waals surface area contributed by atoms with Crippen LogP contribution >= 0.6 is 0 Å². The molecule has 0 heterocycles. The van der Waals surface area contributed by atoms with Gasteiger partial charge in [0.15, 0.2) is 0 Å². The van der Waals surface area contributed by atoms with Crippen LogP contribution < -0.4 is 4.74 Å². The number of aliphatic carboxylic acids is 1. The number of carboxylic acids is 1. The Balaban J connectivity index is 2.53. The lowest BCUT2D eigenvalue weighted by Gasteiger charge is -2.42. The van der Waals surface area contributed by atoms with Gasteiger partial charge in [-0.15, -0.1) is 0 Å². The highest BCUT2D eigenvalue weighted by atomic mass is 19.1. The summed E-state index contributed by atoms with van der Waals surface area (Å²) in [6.07, 6.45) is 5.60. The molecule has 158 valence electrons. The van der Waals surface area contributed by atoms with Crippen molar-refractivity contribution in [2.45, 2.75) is 65.2 Å². The van der Waals surface area contributed by atoms with Gasteiger partial charge in [-0.3, -0.25) is 0 Å². The van der Waals surface area contributed by atoms with Crippen LogP contribution in [0.4, 0.5) is 8.78 Å². The van der Waals surface area contributed by atoms with Crippen LogP contribution in [0.1, 0.15) is 71.1 Å². The third-order valence-corrected chi connectivity index (χ3v) is 5.60. The van der Waals surface area contributed by atoms with Crippen LogP contribution in [0.5, 0.6) is 5.75 Å². The number of carboxylic acid groups (broad SMARTS) is 1. The molecular formula is C24H30F2O3. The first kappa shape index (κ1) is 22.9. The number of fused-ring (bicyclic) bond motifs is 1. The molecular weight excluding hydrogens is 374 g/mol. The normalized spacial score (nSPS) is 19.0. The van der Waals surface area contributed by atoms with Gasteiger partial charge >= 0.3 is 5.97 Å². The standard InChI is InChI=1S/C24H30F2O3/c1-7-29-20-14-19-18(23(3,4)10-11-24(19,5)6)13-16(20)12-17(25)9-8-15(2)21(26)22(27)28/h8-9,12-14H,7,10-11H2,1-6H3,(H,27,28)/b9-8+,17-12+,21-15-. The van der Waals surface area contributed by atoms with E-state index in [0.717, 1.165) is 25.0 Å². The van der Waals surface area contributed by atoms with E-state index in [1.807, 2.05) is 19.1 Å². The first-order valence-electron chi connectivity index (χ1n) is 9.86. The highest BCUT2D eigenvalue weighted by Crippen LogP contribution is 2.48. The molecule has 1 aromatic rings. The maximum Gasteiger partial charge on any atom is 0.365 e. The zero-order valence-electron chi connectivity index (χ0n) is 18.0. The first-order valence-corrected chi connectivity index (χ1v) is 9.86. The number of benzene rings is 1. The maximum absolute atomic E-state index is 14.5. The van der Waals surface area contributed by atoms with Gasteiger partial charge in [0, 0.05) is 5.56 Å². The van der Waals surface area contributed by atoms with Crippen molar-refractivity contribution >= 4 is 12.0 Å². The predicted molar refractivity (Wildman–Crippen MR) is 113 cm³/mol. The average molecular weight is 404 g/mol. The van der Waals surface area contributed by atoms with E-state index >= 15 is 0 Å². The van der Waals surface area contributed by atoms with Crippen LogP contribution in [0.3, 0.4) is 0 Å². The summed E-state index contributed by atoms with van der Waals surface area (Å²) in [4.78, 5) is 10.7. The van der Waals surface area contributed by atoms with E-state index in [9.17, 15) is 13.6 Å². The Bertz CT molecular complexity index is 890. The van der Waals surface area contributed by atoms with Crippen molar-refractivity contribution in [1.82, 2.24) is 0 Å². The summed E-state index contributed by atoms with van der Waals surface area (Å²) in [7, 11) is 0. The van der Waals surface area contributed by atoms with Gasteiger partial charge in [0.2, 0.25) is 5.83 Å². The fourth-order valence-corrected chi connectivity index (χ4v) is 3.65. The van der Waals surface area contributed by atoms with E-state index in [1.165, 1.54) is 24.1 Å². The summed E-state index contributed by atoms with van der Waals surface area (Å²) < 4.78 is 33.7. The van der Waals surface area contributed by atoms with Gasteiger partial charge in [-0.05, 0) is 78.5 Å². The SMILES string of the molecule is CCOc1cc2c(cc1\C=C(F)/C=C/C(C)=C(\F)C(=O)O)C(C)(C)CCC2(C)C. The first-order chi connectivity index (χ1) is 13.4. The van der Waals surface area contributed by atoms with Crippen molar-refractivity contribution in [2.75, 3.05) is 6.61 Å². The fraction of sp³-hybridized carbons (Fsp3) is 0.458. The van der Waals surface area contributed by atoms with Crippen molar-refractivity contribution in [3.05, 3.63) is 58.2 Å². The molecule has 0 saturated carbocycles. The highest BCUT2D eigenvalue weighted by molar-refractivity contribution is 5.85. The number of ether oxygens (including phenoxy) is 1. The number of halogens is 2. The zero-order valence-corrected chi connectivity index (χ0v) is 18.0. The lowest BCUT2D eigenvalue weighted by molar-refractivity contribution is -0.134. The molecule has 0 aliphatic heterocycles. The van der Waals surface area contributed by atoms with Crippen LogP contribution in [0.2, 0.25) is 0 Å². The molecule has 5 heteroatoms. The molecule has 3 nitrogen and oxygen atoms in total. The Hall–Kier alpha value is -2.43. The Labute approximate surface area is 171 Å². The summed E-state index contributed by atoms with van der Waals surface area (Å²) >= 11 is 0. The second kappa shape index (κ2) is 8.52. The molecule has 0 saturated heterocycles. The summed E-state index contributed by atoms with van der Waals surface area (Å²) in [6, 6.07) is 3.99. The van der Waals surface area contributed by atoms with Gasteiger partial charge in [0.05, 0.1) is 6.61 Å². The molecule has 1 aromatic carbocycles. The van der Waals surface area contributed by atoms with Gasteiger partial charge in [0.25, 0.3) is 0 Å². The number of allylic oxidation sites excluding steroid dienone is 4. The number of rotatable bonds is 6. The van der Waals surface area contributed by atoms with Gasteiger partial charge < -0.3 is 9.84 Å². The molecule has 0 amide bonds. The van der Waals surface area contributed by atoms with E-state index < -0.39 is 17.6 Å². The minimum absolute atomic E-state index is 0.00760. The maximum atomic E-state index is 14.5. The molecule has 0 radical (unpaired) electrons. The molecule has 1 N–H and O–H groups in total. The molecule has 0 aromatic heterocycles.